The number of piperidine rings is 1. The number of anilines is 1. The third-order valence-corrected chi connectivity index (χ3v) is 4.45. The number of nitrogens with zero attached hydrogens (tertiary/aromatic N) is 1. The van der Waals surface area contributed by atoms with Crippen LogP contribution in [0.15, 0.2) is 54.6 Å². The summed E-state index contributed by atoms with van der Waals surface area (Å²) in [6.45, 7) is 3.32. The number of carbonyl (C=O) groups is 2. The highest BCUT2D eigenvalue weighted by Crippen LogP contribution is 2.14. The van der Waals surface area contributed by atoms with Crippen LogP contribution in [0.2, 0.25) is 0 Å². The van der Waals surface area contributed by atoms with E-state index in [4.69, 9.17) is 0 Å². The van der Waals surface area contributed by atoms with Crippen molar-refractivity contribution in [2.45, 2.75) is 25.8 Å². The van der Waals surface area contributed by atoms with Crippen LogP contribution in [0.1, 0.15) is 28.8 Å². The Bertz CT molecular complexity index is 720. The molecule has 0 bridgehead atoms. The average molecular weight is 337 g/mol. The van der Waals surface area contributed by atoms with Crippen molar-refractivity contribution in [1.82, 2.24) is 10.2 Å². The third kappa shape index (κ3) is 4.59. The van der Waals surface area contributed by atoms with Crippen LogP contribution in [0.25, 0.3) is 0 Å². The van der Waals surface area contributed by atoms with Crippen molar-refractivity contribution in [2.75, 3.05) is 18.4 Å². The van der Waals surface area contributed by atoms with E-state index in [0.29, 0.717) is 18.7 Å². The van der Waals surface area contributed by atoms with Crippen LogP contribution in [-0.2, 0) is 0 Å². The molecule has 2 aromatic rings. The van der Waals surface area contributed by atoms with Crippen LogP contribution in [0.4, 0.5) is 10.5 Å². The maximum atomic E-state index is 12.4. The van der Waals surface area contributed by atoms with Gasteiger partial charge in [0, 0.05) is 30.4 Å². The second-order valence-corrected chi connectivity index (χ2v) is 6.40. The van der Waals surface area contributed by atoms with E-state index in [1.807, 2.05) is 66.4 Å². The molecule has 0 spiro atoms. The molecule has 5 nitrogen and oxygen atoms in total. The van der Waals surface area contributed by atoms with Crippen molar-refractivity contribution >= 4 is 17.6 Å². The fraction of sp³-hybridized carbons (Fsp3) is 0.300. The van der Waals surface area contributed by atoms with Gasteiger partial charge in [0.25, 0.3) is 5.91 Å². The number of amides is 3. The summed E-state index contributed by atoms with van der Waals surface area (Å²) in [7, 11) is 0. The minimum Gasteiger partial charge on any atom is -0.338 e. The first-order valence-corrected chi connectivity index (χ1v) is 8.60. The normalized spacial score (nSPS) is 14.8. The van der Waals surface area contributed by atoms with Crippen LogP contribution < -0.4 is 10.6 Å². The van der Waals surface area contributed by atoms with E-state index in [1.165, 1.54) is 0 Å². The molecule has 3 amide bonds. The van der Waals surface area contributed by atoms with Gasteiger partial charge in [-0.25, -0.2) is 4.79 Å². The number of rotatable bonds is 3. The Labute approximate surface area is 148 Å². The van der Waals surface area contributed by atoms with Gasteiger partial charge in [-0.3, -0.25) is 4.79 Å². The summed E-state index contributed by atoms with van der Waals surface area (Å²) in [5.41, 5.74) is 2.65. The van der Waals surface area contributed by atoms with Crippen molar-refractivity contribution in [1.29, 1.82) is 0 Å². The number of urea groups is 1. The maximum absolute atomic E-state index is 12.4. The molecule has 0 unspecified atom stereocenters. The number of hydrogen-bond donors (Lipinski definition) is 2. The zero-order valence-electron chi connectivity index (χ0n) is 14.4. The monoisotopic (exact) mass is 337 g/mol. The molecule has 1 heterocycles. The Morgan fingerprint density at radius 2 is 1.60 bits per heavy atom. The van der Waals surface area contributed by atoms with Crippen LogP contribution in [0.5, 0.6) is 0 Å². The van der Waals surface area contributed by atoms with Gasteiger partial charge in [0.15, 0.2) is 0 Å². The highest BCUT2D eigenvalue weighted by atomic mass is 16.2. The lowest BCUT2D eigenvalue weighted by atomic mass is 10.0. The molecular weight excluding hydrogens is 314 g/mol. The van der Waals surface area contributed by atoms with Gasteiger partial charge < -0.3 is 15.5 Å². The van der Waals surface area contributed by atoms with E-state index in [-0.39, 0.29) is 18.0 Å². The predicted molar refractivity (Wildman–Crippen MR) is 98.7 cm³/mol. The van der Waals surface area contributed by atoms with Gasteiger partial charge >= 0.3 is 6.03 Å². The summed E-state index contributed by atoms with van der Waals surface area (Å²) in [4.78, 5) is 26.4. The van der Waals surface area contributed by atoms with E-state index in [1.54, 1.807) is 0 Å². The van der Waals surface area contributed by atoms with E-state index < -0.39 is 0 Å². The second-order valence-electron chi connectivity index (χ2n) is 6.40. The number of likely N-dealkylation sites (tertiary alicyclic amines) is 1. The Morgan fingerprint density at radius 3 is 2.24 bits per heavy atom. The molecule has 0 aliphatic carbocycles. The molecule has 2 N–H and O–H groups in total. The number of aryl methyl sites for hydroxylation is 1. The molecule has 0 atom stereocenters. The lowest BCUT2D eigenvalue weighted by molar-refractivity contribution is 0.0709. The first-order chi connectivity index (χ1) is 12.1. The summed E-state index contributed by atoms with van der Waals surface area (Å²) in [6, 6.07) is 16.9. The van der Waals surface area contributed by atoms with Crippen LogP contribution in [0, 0.1) is 6.92 Å². The Kier molecular flexibility index (Phi) is 5.33. The van der Waals surface area contributed by atoms with Gasteiger partial charge in [0.05, 0.1) is 0 Å². The topological polar surface area (TPSA) is 61.4 Å². The minimum atomic E-state index is -0.198. The molecule has 3 rings (SSSR count). The molecule has 1 fully saturated rings. The molecule has 2 aromatic carbocycles. The van der Waals surface area contributed by atoms with Gasteiger partial charge in [-0.1, -0.05) is 35.9 Å². The van der Waals surface area contributed by atoms with E-state index in [0.717, 1.165) is 24.1 Å². The van der Waals surface area contributed by atoms with E-state index in [9.17, 15) is 9.59 Å². The zero-order chi connectivity index (χ0) is 17.6. The number of hydrogen-bond acceptors (Lipinski definition) is 2. The molecule has 25 heavy (non-hydrogen) atoms. The summed E-state index contributed by atoms with van der Waals surface area (Å²) < 4.78 is 0. The molecular formula is C20H23N3O2. The lowest BCUT2D eigenvalue weighted by Gasteiger charge is -2.32. The standard InChI is InChI=1S/C20H23N3O2/c1-15-7-9-17(10-8-15)21-20(25)22-18-11-13-23(14-12-18)19(24)16-5-3-2-4-6-16/h2-10,18H,11-14H2,1H3,(H2,21,22,25). The first kappa shape index (κ1) is 17.0. The fourth-order valence-corrected chi connectivity index (χ4v) is 2.98. The largest absolute Gasteiger partial charge is 0.338 e. The van der Waals surface area contributed by atoms with Gasteiger partial charge in [0.1, 0.15) is 0 Å². The summed E-state index contributed by atoms with van der Waals surface area (Å²) in [5, 5.41) is 5.84. The summed E-state index contributed by atoms with van der Waals surface area (Å²) in [5.74, 6) is 0.0585. The first-order valence-electron chi connectivity index (χ1n) is 8.60. The SMILES string of the molecule is Cc1ccc(NC(=O)NC2CCN(C(=O)c3ccccc3)CC2)cc1. The Morgan fingerprint density at radius 1 is 0.960 bits per heavy atom. The van der Waals surface area contributed by atoms with Gasteiger partial charge in [-0.05, 0) is 44.0 Å². The second kappa shape index (κ2) is 7.83. The van der Waals surface area contributed by atoms with Gasteiger partial charge in [0.2, 0.25) is 0 Å². The molecule has 1 aliphatic rings. The third-order valence-electron chi connectivity index (χ3n) is 4.45. The zero-order valence-corrected chi connectivity index (χ0v) is 14.4. The maximum Gasteiger partial charge on any atom is 0.319 e. The predicted octanol–water partition coefficient (Wildman–Crippen LogP) is 3.42. The molecule has 1 saturated heterocycles. The summed E-state index contributed by atoms with van der Waals surface area (Å²) >= 11 is 0. The lowest BCUT2D eigenvalue weighted by Crippen LogP contribution is -2.47. The molecule has 0 saturated carbocycles. The van der Waals surface area contributed by atoms with Crippen LogP contribution >= 0.6 is 0 Å². The van der Waals surface area contributed by atoms with E-state index >= 15 is 0 Å². The number of carbonyl (C=O) groups excluding carboxylic acids is 2. The Balaban J connectivity index is 1.46. The van der Waals surface area contributed by atoms with Gasteiger partial charge in [-0.2, -0.15) is 0 Å². The highest BCUT2D eigenvalue weighted by molar-refractivity contribution is 5.94. The average Bonchev–Trinajstić information content (AvgIpc) is 2.64. The molecule has 0 aromatic heterocycles. The molecule has 0 radical (unpaired) electrons. The van der Waals surface area contributed by atoms with Crippen molar-refractivity contribution in [2.24, 2.45) is 0 Å². The van der Waals surface area contributed by atoms with Crippen LogP contribution in [0.3, 0.4) is 0 Å². The minimum absolute atomic E-state index is 0.0585. The smallest absolute Gasteiger partial charge is 0.319 e. The molecule has 5 heteroatoms. The van der Waals surface area contributed by atoms with Crippen molar-refractivity contribution in [3.05, 3.63) is 65.7 Å². The summed E-state index contributed by atoms with van der Waals surface area (Å²) in [6.07, 6.45) is 1.53. The van der Waals surface area contributed by atoms with Crippen molar-refractivity contribution in [3.8, 4) is 0 Å². The highest BCUT2D eigenvalue weighted by Gasteiger charge is 2.24. The number of benzene rings is 2. The molecule has 1 aliphatic heterocycles. The van der Waals surface area contributed by atoms with Crippen molar-refractivity contribution < 1.29 is 9.59 Å². The fourth-order valence-electron chi connectivity index (χ4n) is 2.98. The number of nitrogens with one attached hydrogen (secondary N) is 2. The Hall–Kier alpha value is -2.82. The molecule has 130 valence electrons. The quantitative estimate of drug-likeness (QED) is 0.901. The van der Waals surface area contributed by atoms with Crippen molar-refractivity contribution in [3.63, 3.8) is 0 Å². The van der Waals surface area contributed by atoms with E-state index in [2.05, 4.69) is 10.6 Å². The van der Waals surface area contributed by atoms with Gasteiger partial charge in [-0.15, -0.1) is 0 Å². The van der Waals surface area contributed by atoms with Crippen LogP contribution in [-0.4, -0.2) is 36.0 Å².